The SMILES string of the molecule is CC(C)OCc1ccc(C(=O)Nc2cc(C(F)(F)F)ccc2-n2cncn2)cc1. The van der Waals surface area contributed by atoms with E-state index in [1.807, 2.05) is 13.8 Å². The van der Waals surface area contributed by atoms with Crippen molar-refractivity contribution in [1.29, 1.82) is 0 Å². The van der Waals surface area contributed by atoms with Gasteiger partial charge < -0.3 is 10.1 Å². The zero-order valence-corrected chi connectivity index (χ0v) is 15.8. The second-order valence-corrected chi connectivity index (χ2v) is 6.58. The van der Waals surface area contributed by atoms with Crippen molar-refractivity contribution in [2.75, 3.05) is 5.32 Å². The number of anilines is 1. The molecule has 1 N–H and O–H groups in total. The molecule has 9 heteroatoms. The maximum Gasteiger partial charge on any atom is 0.416 e. The summed E-state index contributed by atoms with van der Waals surface area (Å²) in [7, 11) is 0. The number of carbonyl (C=O) groups is 1. The fraction of sp³-hybridized carbons (Fsp3) is 0.250. The van der Waals surface area contributed by atoms with Crippen LogP contribution in [0.2, 0.25) is 0 Å². The van der Waals surface area contributed by atoms with Crippen molar-refractivity contribution in [3.05, 3.63) is 71.8 Å². The maximum atomic E-state index is 13.1. The molecule has 1 aromatic heterocycles. The van der Waals surface area contributed by atoms with E-state index in [1.165, 1.54) is 23.4 Å². The fourth-order valence-corrected chi connectivity index (χ4v) is 2.55. The van der Waals surface area contributed by atoms with E-state index in [-0.39, 0.29) is 17.5 Å². The van der Waals surface area contributed by atoms with Gasteiger partial charge in [0.2, 0.25) is 0 Å². The van der Waals surface area contributed by atoms with E-state index in [4.69, 9.17) is 4.74 Å². The van der Waals surface area contributed by atoms with E-state index in [9.17, 15) is 18.0 Å². The summed E-state index contributed by atoms with van der Waals surface area (Å²) in [6.07, 6.45) is -1.88. The number of benzene rings is 2. The molecule has 2 aromatic carbocycles. The predicted molar refractivity (Wildman–Crippen MR) is 101 cm³/mol. The Morgan fingerprint density at radius 2 is 1.90 bits per heavy atom. The molecule has 0 aliphatic rings. The standard InChI is InChI=1S/C20H19F3N4O2/c1-13(2)29-10-14-3-5-15(6-4-14)19(28)26-17-9-16(20(21,22)23)7-8-18(17)27-12-24-11-25-27/h3-9,11-13H,10H2,1-2H3,(H,26,28). The highest BCUT2D eigenvalue weighted by Gasteiger charge is 2.31. The van der Waals surface area contributed by atoms with Crippen molar-refractivity contribution < 1.29 is 22.7 Å². The highest BCUT2D eigenvalue weighted by Crippen LogP contribution is 2.33. The van der Waals surface area contributed by atoms with Crippen LogP contribution < -0.4 is 5.32 Å². The zero-order valence-electron chi connectivity index (χ0n) is 15.8. The molecule has 0 fully saturated rings. The second-order valence-electron chi connectivity index (χ2n) is 6.58. The lowest BCUT2D eigenvalue weighted by Gasteiger charge is -2.14. The molecule has 0 aliphatic heterocycles. The number of halogens is 3. The van der Waals surface area contributed by atoms with Crippen molar-refractivity contribution in [3.63, 3.8) is 0 Å². The van der Waals surface area contributed by atoms with Crippen molar-refractivity contribution in [3.8, 4) is 5.69 Å². The first-order valence-electron chi connectivity index (χ1n) is 8.82. The highest BCUT2D eigenvalue weighted by atomic mass is 19.4. The van der Waals surface area contributed by atoms with E-state index in [0.29, 0.717) is 12.2 Å². The minimum absolute atomic E-state index is 0.0254. The van der Waals surface area contributed by atoms with Crippen LogP contribution in [0.4, 0.5) is 18.9 Å². The van der Waals surface area contributed by atoms with Gasteiger partial charge in [-0.2, -0.15) is 18.3 Å². The molecule has 0 saturated heterocycles. The van der Waals surface area contributed by atoms with E-state index in [0.717, 1.165) is 17.7 Å². The van der Waals surface area contributed by atoms with E-state index < -0.39 is 17.6 Å². The van der Waals surface area contributed by atoms with E-state index in [2.05, 4.69) is 15.4 Å². The number of alkyl halides is 3. The predicted octanol–water partition coefficient (Wildman–Crippen LogP) is 4.46. The molecule has 0 unspecified atom stereocenters. The van der Waals surface area contributed by atoms with Crippen LogP contribution in [0.5, 0.6) is 0 Å². The van der Waals surface area contributed by atoms with Crippen molar-refractivity contribution in [2.45, 2.75) is 32.7 Å². The number of nitrogens with zero attached hydrogens (tertiary/aromatic N) is 3. The van der Waals surface area contributed by atoms with E-state index in [1.54, 1.807) is 24.3 Å². The molecule has 0 atom stereocenters. The molecule has 0 bridgehead atoms. The second kappa shape index (κ2) is 8.44. The van der Waals surface area contributed by atoms with Gasteiger partial charge in [-0.1, -0.05) is 12.1 Å². The zero-order chi connectivity index (χ0) is 21.0. The molecule has 29 heavy (non-hydrogen) atoms. The molecule has 0 aliphatic carbocycles. The molecular formula is C20H19F3N4O2. The van der Waals surface area contributed by atoms with Gasteiger partial charge in [0.25, 0.3) is 5.91 Å². The lowest BCUT2D eigenvalue weighted by atomic mass is 10.1. The van der Waals surface area contributed by atoms with Crippen LogP contribution in [-0.2, 0) is 17.5 Å². The number of rotatable bonds is 6. The van der Waals surface area contributed by atoms with Crippen LogP contribution in [-0.4, -0.2) is 26.8 Å². The smallest absolute Gasteiger partial charge is 0.374 e. The van der Waals surface area contributed by atoms with Crippen LogP contribution >= 0.6 is 0 Å². The largest absolute Gasteiger partial charge is 0.416 e. The summed E-state index contributed by atoms with van der Waals surface area (Å²) < 4.78 is 46.1. The van der Waals surface area contributed by atoms with Crippen LogP contribution in [0.3, 0.4) is 0 Å². The number of nitrogens with one attached hydrogen (secondary N) is 1. The normalized spacial score (nSPS) is 11.7. The summed E-state index contributed by atoms with van der Waals surface area (Å²) in [4.78, 5) is 16.4. The Morgan fingerprint density at radius 3 is 2.48 bits per heavy atom. The minimum atomic E-state index is -4.54. The van der Waals surface area contributed by atoms with Gasteiger partial charge in [-0.25, -0.2) is 9.67 Å². The number of hydrogen-bond donors (Lipinski definition) is 1. The van der Waals surface area contributed by atoms with Crippen molar-refractivity contribution in [1.82, 2.24) is 14.8 Å². The molecule has 1 amide bonds. The maximum absolute atomic E-state index is 13.1. The van der Waals surface area contributed by atoms with Gasteiger partial charge in [-0.3, -0.25) is 4.79 Å². The lowest BCUT2D eigenvalue weighted by Crippen LogP contribution is -2.16. The molecule has 1 heterocycles. The Labute approximate surface area is 165 Å². The first-order valence-corrected chi connectivity index (χ1v) is 8.82. The summed E-state index contributed by atoms with van der Waals surface area (Å²) in [5, 5.41) is 6.46. The highest BCUT2D eigenvalue weighted by molar-refractivity contribution is 6.05. The molecule has 0 saturated carbocycles. The topological polar surface area (TPSA) is 69.0 Å². The van der Waals surface area contributed by atoms with Crippen LogP contribution in [0.15, 0.2) is 55.1 Å². The molecule has 3 aromatic rings. The van der Waals surface area contributed by atoms with Gasteiger partial charge >= 0.3 is 6.18 Å². The van der Waals surface area contributed by atoms with Gasteiger partial charge in [0.15, 0.2) is 0 Å². The number of ether oxygens (including phenoxy) is 1. The van der Waals surface area contributed by atoms with Gasteiger partial charge in [-0.05, 0) is 49.7 Å². The summed E-state index contributed by atoms with van der Waals surface area (Å²) in [5.41, 5.74) is 0.559. The Balaban J connectivity index is 1.85. The Hall–Kier alpha value is -3.20. The molecule has 6 nitrogen and oxygen atoms in total. The number of aromatic nitrogens is 3. The quantitative estimate of drug-likeness (QED) is 0.659. The number of carbonyl (C=O) groups excluding carboxylic acids is 1. The van der Waals surface area contributed by atoms with Gasteiger partial charge in [-0.15, -0.1) is 0 Å². The molecule has 0 radical (unpaired) electrons. The van der Waals surface area contributed by atoms with Crippen LogP contribution in [0.1, 0.15) is 35.3 Å². The van der Waals surface area contributed by atoms with Crippen molar-refractivity contribution >= 4 is 11.6 Å². The monoisotopic (exact) mass is 404 g/mol. The third-order valence-corrected chi connectivity index (χ3v) is 4.04. The first-order chi connectivity index (χ1) is 13.7. The van der Waals surface area contributed by atoms with Gasteiger partial charge in [0.1, 0.15) is 12.7 Å². The third kappa shape index (κ3) is 5.20. The number of amides is 1. The van der Waals surface area contributed by atoms with E-state index >= 15 is 0 Å². The van der Waals surface area contributed by atoms with Crippen LogP contribution in [0, 0.1) is 0 Å². The third-order valence-electron chi connectivity index (χ3n) is 4.04. The van der Waals surface area contributed by atoms with Crippen molar-refractivity contribution in [2.24, 2.45) is 0 Å². The molecular weight excluding hydrogens is 385 g/mol. The minimum Gasteiger partial charge on any atom is -0.374 e. The summed E-state index contributed by atoms with van der Waals surface area (Å²) >= 11 is 0. The fourth-order valence-electron chi connectivity index (χ4n) is 2.55. The van der Waals surface area contributed by atoms with Gasteiger partial charge in [0, 0.05) is 5.56 Å². The van der Waals surface area contributed by atoms with Gasteiger partial charge in [0.05, 0.1) is 29.6 Å². The number of hydrogen-bond acceptors (Lipinski definition) is 4. The summed E-state index contributed by atoms with van der Waals surface area (Å²) in [6, 6.07) is 9.70. The summed E-state index contributed by atoms with van der Waals surface area (Å²) in [5.74, 6) is -0.540. The Bertz CT molecular complexity index is 968. The average Bonchev–Trinajstić information content (AvgIpc) is 3.20. The molecule has 152 valence electrons. The molecule has 3 rings (SSSR count). The average molecular weight is 404 g/mol. The van der Waals surface area contributed by atoms with Crippen LogP contribution in [0.25, 0.3) is 5.69 Å². The Kier molecular flexibility index (Phi) is 5.97. The lowest BCUT2D eigenvalue weighted by molar-refractivity contribution is -0.137. The molecule has 0 spiro atoms. The Morgan fingerprint density at radius 1 is 1.17 bits per heavy atom. The first kappa shape index (κ1) is 20.5. The summed E-state index contributed by atoms with van der Waals surface area (Å²) in [6.45, 7) is 4.25.